The Bertz CT molecular complexity index is 873. The molecule has 1 amide bonds. The molecule has 2 aliphatic rings. The van der Waals surface area contributed by atoms with Crippen molar-refractivity contribution in [1.29, 1.82) is 0 Å². The third-order valence-electron chi connectivity index (χ3n) is 5.52. The number of hydrogen-bond acceptors (Lipinski definition) is 6. The van der Waals surface area contributed by atoms with Crippen LogP contribution >= 0.6 is 11.6 Å². The van der Waals surface area contributed by atoms with E-state index < -0.39 is 0 Å². The normalized spacial score (nSPS) is 19.9. The van der Waals surface area contributed by atoms with Crippen LogP contribution in [0.3, 0.4) is 0 Å². The van der Waals surface area contributed by atoms with Crippen LogP contribution < -0.4 is 15.0 Å². The summed E-state index contributed by atoms with van der Waals surface area (Å²) in [6, 6.07) is 7.09. The van der Waals surface area contributed by atoms with Crippen molar-refractivity contribution in [3.63, 3.8) is 0 Å². The number of rotatable bonds is 5. The molecule has 1 N–H and O–H groups in total. The minimum atomic E-state index is -0.140. The van der Waals surface area contributed by atoms with Gasteiger partial charge in [0.25, 0.3) is 5.91 Å². The molecule has 1 aromatic heterocycles. The maximum Gasteiger partial charge on any atom is 0.251 e. The van der Waals surface area contributed by atoms with Crippen LogP contribution in [0, 0.1) is 0 Å². The van der Waals surface area contributed by atoms with Crippen LogP contribution in [-0.4, -0.2) is 55.3 Å². The second-order valence-electron chi connectivity index (χ2n) is 7.42. The quantitative estimate of drug-likeness (QED) is 0.807. The lowest BCUT2D eigenvalue weighted by molar-refractivity contribution is 0.0845. The molecule has 2 aromatic rings. The first-order valence-corrected chi connectivity index (χ1v) is 10.3. The molecule has 4 rings (SSSR count). The fourth-order valence-electron chi connectivity index (χ4n) is 3.87. The van der Waals surface area contributed by atoms with Crippen molar-refractivity contribution in [3.05, 3.63) is 46.7 Å². The number of carbonyl (C=O) groups excluding carboxylic acids is 1. The Morgan fingerprint density at radius 1 is 1.28 bits per heavy atom. The smallest absolute Gasteiger partial charge is 0.251 e. The fraction of sp³-hybridized carbons (Fsp3) is 0.476. The highest BCUT2D eigenvalue weighted by Gasteiger charge is 2.27. The third-order valence-corrected chi connectivity index (χ3v) is 5.82. The highest BCUT2D eigenvalue weighted by atomic mass is 35.5. The maximum absolute atomic E-state index is 12.6. The first-order chi connectivity index (χ1) is 14.1. The number of carbonyl (C=O) groups is 1. The van der Waals surface area contributed by atoms with Crippen molar-refractivity contribution in [2.45, 2.75) is 31.2 Å². The van der Waals surface area contributed by atoms with E-state index in [1.54, 1.807) is 25.3 Å². The second-order valence-corrected chi connectivity index (χ2v) is 7.83. The standard InChI is InChI=1S/C21H25ClN4O3/c1-28-19-3-2-15(12-17(19)22)20(27)24-16-5-9-26(13-16)21-23-8-4-18(25-21)14-6-10-29-11-7-14/h2-4,8,12,14,16H,5-7,9-11,13H2,1H3,(H,24,27). The molecular weight excluding hydrogens is 392 g/mol. The lowest BCUT2D eigenvalue weighted by Crippen LogP contribution is -2.37. The van der Waals surface area contributed by atoms with Gasteiger partial charge in [-0.3, -0.25) is 4.79 Å². The van der Waals surface area contributed by atoms with Crippen molar-refractivity contribution in [1.82, 2.24) is 15.3 Å². The van der Waals surface area contributed by atoms with Gasteiger partial charge in [-0.25, -0.2) is 9.97 Å². The van der Waals surface area contributed by atoms with Gasteiger partial charge in [-0.05, 0) is 43.5 Å². The second kappa shape index (κ2) is 8.97. The number of nitrogens with one attached hydrogen (secondary N) is 1. The first kappa shape index (κ1) is 19.9. The lowest BCUT2D eigenvalue weighted by Gasteiger charge is -2.23. The minimum absolute atomic E-state index is 0.0405. The van der Waals surface area contributed by atoms with Crippen LogP contribution in [0.25, 0.3) is 0 Å². The van der Waals surface area contributed by atoms with E-state index in [0.717, 1.165) is 50.7 Å². The Morgan fingerprint density at radius 3 is 2.86 bits per heavy atom. The molecule has 154 valence electrons. The SMILES string of the molecule is COc1ccc(C(=O)NC2CCN(c3nccc(C4CCOCC4)n3)C2)cc1Cl. The van der Waals surface area contributed by atoms with Gasteiger partial charge < -0.3 is 19.7 Å². The summed E-state index contributed by atoms with van der Waals surface area (Å²) in [7, 11) is 1.55. The van der Waals surface area contributed by atoms with E-state index in [9.17, 15) is 4.79 Å². The van der Waals surface area contributed by atoms with Crippen LogP contribution in [-0.2, 0) is 4.74 Å². The molecule has 0 spiro atoms. The van der Waals surface area contributed by atoms with Crippen molar-refractivity contribution in [2.24, 2.45) is 0 Å². The van der Waals surface area contributed by atoms with Gasteiger partial charge in [0.15, 0.2) is 0 Å². The van der Waals surface area contributed by atoms with Gasteiger partial charge in [0, 0.05) is 55.7 Å². The number of amides is 1. The number of methoxy groups -OCH3 is 1. The lowest BCUT2D eigenvalue weighted by atomic mass is 9.96. The maximum atomic E-state index is 12.6. The summed E-state index contributed by atoms with van der Waals surface area (Å²) in [5.74, 6) is 1.58. The Kier molecular flexibility index (Phi) is 6.16. The van der Waals surface area contributed by atoms with Crippen molar-refractivity contribution in [2.75, 3.05) is 38.3 Å². The van der Waals surface area contributed by atoms with E-state index >= 15 is 0 Å². The summed E-state index contributed by atoms with van der Waals surface area (Å²) < 4.78 is 10.6. The Balaban J connectivity index is 1.38. The van der Waals surface area contributed by atoms with Crippen molar-refractivity contribution >= 4 is 23.5 Å². The topological polar surface area (TPSA) is 76.6 Å². The van der Waals surface area contributed by atoms with Gasteiger partial charge in [-0.2, -0.15) is 0 Å². The molecule has 8 heteroatoms. The van der Waals surface area contributed by atoms with Crippen LogP contribution in [0.4, 0.5) is 5.95 Å². The molecule has 29 heavy (non-hydrogen) atoms. The van der Waals surface area contributed by atoms with Crippen molar-refractivity contribution < 1.29 is 14.3 Å². The van der Waals surface area contributed by atoms with E-state index in [1.165, 1.54) is 0 Å². The first-order valence-electron chi connectivity index (χ1n) is 9.94. The summed E-state index contributed by atoms with van der Waals surface area (Å²) >= 11 is 6.13. The number of anilines is 1. The predicted molar refractivity (Wildman–Crippen MR) is 111 cm³/mol. The van der Waals surface area contributed by atoms with Gasteiger partial charge in [0.2, 0.25) is 5.95 Å². The molecule has 0 aliphatic carbocycles. The van der Waals surface area contributed by atoms with E-state index in [1.807, 2.05) is 12.3 Å². The molecular formula is C21H25ClN4O3. The minimum Gasteiger partial charge on any atom is -0.495 e. The monoisotopic (exact) mass is 416 g/mol. The summed E-state index contributed by atoms with van der Waals surface area (Å²) in [5, 5.41) is 3.51. The Labute approximate surface area is 175 Å². The van der Waals surface area contributed by atoms with Crippen LogP contribution in [0.1, 0.15) is 41.2 Å². The number of benzene rings is 1. The molecule has 1 aromatic carbocycles. The van der Waals surface area contributed by atoms with E-state index in [2.05, 4.69) is 15.2 Å². The van der Waals surface area contributed by atoms with Crippen LogP contribution in [0.15, 0.2) is 30.5 Å². The zero-order valence-corrected chi connectivity index (χ0v) is 17.2. The third kappa shape index (κ3) is 4.62. The fourth-order valence-corrected chi connectivity index (χ4v) is 4.13. The summed E-state index contributed by atoms with van der Waals surface area (Å²) in [5.41, 5.74) is 1.60. The number of aromatic nitrogens is 2. The zero-order chi connectivity index (χ0) is 20.2. The highest BCUT2D eigenvalue weighted by Crippen LogP contribution is 2.27. The predicted octanol–water partition coefficient (Wildman–Crippen LogP) is 3.04. The van der Waals surface area contributed by atoms with Gasteiger partial charge in [-0.15, -0.1) is 0 Å². The molecule has 0 bridgehead atoms. The van der Waals surface area contributed by atoms with Crippen LogP contribution in [0.2, 0.25) is 5.02 Å². The largest absolute Gasteiger partial charge is 0.495 e. The molecule has 2 saturated heterocycles. The average molecular weight is 417 g/mol. The molecule has 0 saturated carbocycles. The molecule has 7 nitrogen and oxygen atoms in total. The summed E-state index contributed by atoms with van der Waals surface area (Å²) in [6.07, 6.45) is 4.68. The Hall–Kier alpha value is -2.38. The molecule has 2 fully saturated rings. The van der Waals surface area contributed by atoms with Gasteiger partial charge in [0.05, 0.1) is 12.1 Å². The molecule has 3 heterocycles. The summed E-state index contributed by atoms with van der Waals surface area (Å²) in [6.45, 7) is 3.08. The molecule has 0 radical (unpaired) electrons. The number of ether oxygens (including phenoxy) is 2. The summed E-state index contributed by atoms with van der Waals surface area (Å²) in [4.78, 5) is 24.0. The molecule has 2 aliphatic heterocycles. The van der Waals surface area contributed by atoms with Gasteiger partial charge in [0.1, 0.15) is 5.75 Å². The van der Waals surface area contributed by atoms with E-state index in [-0.39, 0.29) is 11.9 Å². The van der Waals surface area contributed by atoms with Crippen LogP contribution in [0.5, 0.6) is 5.75 Å². The number of hydrogen-bond donors (Lipinski definition) is 1. The number of nitrogens with zero attached hydrogens (tertiary/aromatic N) is 3. The average Bonchev–Trinajstić information content (AvgIpc) is 3.23. The highest BCUT2D eigenvalue weighted by molar-refractivity contribution is 6.32. The van der Waals surface area contributed by atoms with Crippen molar-refractivity contribution in [3.8, 4) is 5.75 Å². The zero-order valence-electron chi connectivity index (χ0n) is 16.4. The molecule has 1 atom stereocenters. The number of halogens is 1. The van der Waals surface area contributed by atoms with E-state index in [4.69, 9.17) is 26.1 Å². The molecule has 1 unspecified atom stereocenters. The van der Waals surface area contributed by atoms with Gasteiger partial charge >= 0.3 is 0 Å². The Morgan fingerprint density at radius 2 is 2.10 bits per heavy atom. The van der Waals surface area contributed by atoms with E-state index in [0.29, 0.717) is 28.8 Å². The van der Waals surface area contributed by atoms with Gasteiger partial charge in [-0.1, -0.05) is 11.6 Å².